The van der Waals surface area contributed by atoms with Crippen molar-refractivity contribution in [2.24, 2.45) is 0 Å². The zero-order valence-electron chi connectivity index (χ0n) is 10.3. The molecule has 0 radical (unpaired) electrons. The second kappa shape index (κ2) is 5.73. The molecule has 104 valence electrons. The van der Waals surface area contributed by atoms with Crippen molar-refractivity contribution in [3.05, 3.63) is 59.9 Å². The third kappa shape index (κ3) is 3.81. The number of benzene rings is 1. The van der Waals surface area contributed by atoms with Crippen LogP contribution < -0.4 is 5.32 Å². The first kappa shape index (κ1) is 14.0. The fourth-order valence-corrected chi connectivity index (χ4v) is 1.65. The molecule has 20 heavy (non-hydrogen) atoms. The largest absolute Gasteiger partial charge is 0.416 e. The Bertz CT molecular complexity index is 597. The van der Waals surface area contributed by atoms with Gasteiger partial charge in [-0.25, -0.2) is 0 Å². The standard InChI is InChI=1S/C14H11F3N2O/c15-14(16,17)10-4-3-6-12(8-10)19-13(20)9-11-5-1-2-7-18-11/h1-8H,9H2,(H,19,20). The number of hydrogen-bond acceptors (Lipinski definition) is 2. The van der Waals surface area contributed by atoms with E-state index in [0.717, 1.165) is 12.1 Å². The molecule has 0 bridgehead atoms. The van der Waals surface area contributed by atoms with Gasteiger partial charge in [-0.15, -0.1) is 0 Å². The Balaban J connectivity index is 2.05. The molecule has 0 spiro atoms. The zero-order valence-corrected chi connectivity index (χ0v) is 10.3. The van der Waals surface area contributed by atoms with E-state index >= 15 is 0 Å². The maximum atomic E-state index is 12.5. The fraction of sp³-hybridized carbons (Fsp3) is 0.143. The van der Waals surface area contributed by atoms with Gasteiger partial charge in [-0.05, 0) is 30.3 Å². The molecule has 3 nitrogen and oxygen atoms in total. The van der Waals surface area contributed by atoms with Crippen molar-refractivity contribution in [2.75, 3.05) is 5.32 Å². The van der Waals surface area contributed by atoms with Gasteiger partial charge >= 0.3 is 6.18 Å². The topological polar surface area (TPSA) is 42.0 Å². The van der Waals surface area contributed by atoms with E-state index in [4.69, 9.17) is 0 Å². The van der Waals surface area contributed by atoms with Crippen LogP contribution >= 0.6 is 0 Å². The van der Waals surface area contributed by atoms with Crippen LogP contribution in [-0.2, 0) is 17.4 Å². The van der Waals surface area contributed by atoms with Crippen molar-refractivity contribution in [3.63, 3.8) is 0 Å². The third-order valence-electron chi connectivity index (χ3n) is 2.54. The van der Waals surface area contributed by atoms with Crippen LogP contribution in [0, 0.1) is 0 Å². The number of amides is 1. The molecule has 1 heterocycles. The molecule has 1 amide bonds. The van der Waals surface area contributed by atoms with E-state index in [1.807, 2.05) is 0 Å². The average Bonchev–Trinajstić information content (AvgIpc) is 2.39. The van der Waals surface area contributed by atoms with Gasteiger partial charge in [0.1, 0.15) is 0 Å². The molecule has 1 N–H and O–H groups in total. The predicted octanol–water partition coefficient (Wildman–Crippen LogP) is 3.28. The maximum absolute atomic E-state index is 12.5. The Kier molecular flexibility index (Phi) is 4.02. The minimum atomic E-state index is -4.43. The van der Waals surface area contributed by atoms with Crippen LogP contribution in [0.1, 0.15) is 11.3 Å². The van der Waals surface area contributed by atoms with Crippen molar-refractivity contribution in [1.29, 1.82) is 0 Å². The van der Waals surface area contributed by atoms with Crippen LogP contribution in [0.5, 0.6) is 0 Å². The normalized spacial score (nSPS) is 11.2. The summed E-state index contributed by atoms with van der Waals surface area (Å²) >= 11 is 0. The van der Waals surface area contributed by atoms with Gasteiger partial charge in [-0.2, -0.15) is 13.2 Å². The van der Waals surface area contributed by atoms with Gasteiger partial charge in [0.05, 0.1) is 12.0 Å². The van der Waals surface area contributed by atoms with Gasteiger partial charge in [-0.1, -0.05) is 12.1 Å². The van der Waals surface area contributed by atoms with Gasteiger partial charge in [0, 0.05) is 17.6 Å². The summed E-state index contributed by atoms with van der Waals surface area (Å²) in [5.41, 5.74) is -0.133. The summed E-state index contributed by atoms with van der Waals surface area (Å²) in [7, 11) is 0. The van der Waals surface area contributed by atoms with E-state index in [1.54, 1.807) is 24.4 Å². The average molecular weight is 280 g/mol. The lowest BCUT2D eigenvalue weighted by Crippen LogP contribution is -2.15. The van der Waals surface area contributed by atoms with Crippen molar-refractivity contribution in [1.82, 2.24) is 4.98 Å². The van der Waals surface area contributed by atoms with Gasteiger partial charge in [0.25, 0.3) is 0 Å². The summed E-state index contributed by atoms with van der Waals surface area (Å²) < 4.78 is 37.6. The highest BCUT2D eigenvalue weighted by Crippen LogP contribution is 2.30. The van der Waals surface area contributed by atoms with Crippen molar-refractivity contribution in [2.45, 2.75) is 12.6 Å². The van der Waals surface area contributed by atoms with Crippen LogP contribution in [-0.4, -0.2) is 10.9 Å². The number of carbonyl (C=O) groups excluding carboxylic acids is 1. The van der Waals surface area contributed by atoms with Crippen LogP contribution in [0.2, 0.25) is 0 Å². The Morgan fingerprint density at radius 2 is 1.95 bits per heavy atom. The molecule has 6 heteroatoms. The van der Waals surface area contributed by atoms with Crippen molar-refractivity contribution < 1.29 is 18.0 Å². The maximum Gasteiger partial charge on any atom is 0.416 e. The Labute approximate surface area is 113 Å². The number of nitrogens with one attached hydrogen (secondary N) is 1. The van der Waals surface area contributed by atoms with Gasteiger partial charge in [0.2, 0.25) is 5.91 Å². The molecule has 0 saturated heterocycles. The molecular formula is C14H11F3N2O. The van der Waals surface area contributed by atoms with E-state index in [-0.39, 0.29) is 12.1 Å². The van der Waals surface area contributed by atoms with E-state index in [9.17, 15) is 18.0 Å². The quantitative estimate of drug-likeness (QED) is 0.937. The molecule has 0 unspecified atom stereocenters. The Hall–Kier alpha value is -2.37. The molecule has 0 atom stereocenters. The van der Waals surface area contributed by atoms with E-state index in [2.05, 4.69) is 10.3 Å². The van der Waals surface area contributed by atoms with Crippen LogP contribution in [0.4, 0.5) is 18.9 Å². The number of aromatic nitrogens is 1. The molecule has 0 fully saturated rings. The first-order chi connectivity index (χ1) is 9.45. The summed E-state index contributed by atoms with van der Waals surface area (Å²) in [6, 6.07) is 9.63. The van der Waals surface area contributed by atoms with Gasteiger partial charge in [0.15, 0.2) is 0 Å². The number of carbonyl (C=O) groups is 1. The minimum Gasteiger partial charge on any atom is -0.326 e. The third-order valence-corrected chi connectivity index (χ3v) is 2.54. The summed E-state index contributed by atoms with van der Waals surface area (Å²) in [5, 5.41) is 2.42. The van der Waals surface area contributed by atoms with Gasteiger partial charge in [-0.3, -0.25) is 9.78 Å². The van der Waals surface area contributed by atoms with E-state index < -0.39 is 17.6 Å². The molecule has 0 aliphatic rings. The van der Waals surface area contributed by atoms with Gasteiger partial charge < -0.3 is 5.32 Å². The predicted molar refractivity (Wildman–Crippen MR) is 68.0 cm³/mol. The SMILES string of the molecule is O=C(Cc1ccccn1)Nc1cccc(C(F)(F)F)c1. The second-order valence-electron chi connectivity index (χ2n) is 4.12. The van der Waals surface area contributed by atoms with E-state index in [1.165, 1.54) is 12.1 Å². The highest BCUT2D eigenvalue weighted by Gasteiger charge is 2.30. The summed E-state index contributed by atoms with van der Waals surface area (Å²) in [6.07, 6.45) is -2.87. The number of halogens is 3. The molecule has 0 aliphatic carbocycles. The number of nitrogens with zero attached hydrogens (tertiary/aromatic N) is 1. The molecule has 0 aliphatic heterocycles. The number of hydrogen-bond donors (Lipinski definition) is 1. The highest BCUT2D eigenvalue weighted by molar-refractivity contribution is 5.92. The molecule has 2 aromatic rings. The summed E-state index contributed by atoms with van der Waals surface area (Å²) in [5.74, 6) is -0.414. The summed E-state index contributed by atoms with van der Waals surface area (Å²) in [4.78, 5) is 15.7. The Morgan fingerprint density at radius 1 is 1.15 bits per heavy atom. The van der Waals surface area contributed by atoms with E-state index in [0.29, 0.717) is 5.69 Å². The number of rotatable bonds is 3. The summed E-state index contributed by atoms with van der Waals surface area (Å²) in [6.45, 7) is 0. The molecular weight excluding hydrogens is 269 g/mol. The smallest absolute Gasteiger partial charge is 0.326 e. The van der Waals surface area contributed by atoms with Crippen LogP contribution in [0.25, 0.3) is 0 Å². The lowest BCUT2D eigenvalue weighted by molar-refractivity contribution is -0.137. The molecule has 2 rings (SSSR count). The fourth-order valence-electron chi connectivity index (χ4n) is 1.65. The first-order valence-electron chi connectivity index (χ1n) is 5.82. The lowest BCUT2D eigenvalue weighted by atomic mass is 10.2. The minimum absolute atomic E-state index is 0.0110. The zero-order chi connectivity index (χ0) is 14.6. The first-order valence-corrected chi connectivity index (χ1v) is 5.82. The highest BCUT2D eigenvalue weighted by atomic mass is 19.4. The Morgan fingerprint density at radius 3 is 2.60 bits per heavy atom. The molecule has 1 aromatic heterocycles. The van der Waals surface area contributed by atoms with Crippen LogP contribution in [0.15, 0.2) is 48.7 Å². The second-order valence-corrected chi connectivity index (χ2v) is 4.12. The number of pyridine rings is 1. The lowest BCUT2D eigenvalue weighted by Gasteiger charge is -2.09. The monoisotopic (exact) mass is 280 g/mol. The molecule has 1 aromatic carbocycles. The number of anilines is 1. The van der Waals surface area contributed by atoms with Crippen molar-refractivity contribution in [3.8, 4) is 0 Å². The van der Waals surface area contributed by atoms with Crippen molar-refractivity contribution >= 4 is 11.6 Å². The molecule has 0 saturated carbocycles. The van der Waals surface area contributed by atoms with Crippen LogP contribution in [0.3, 0.4) is 0 Å². The number of alkyl halides is 3.